The second-order valence-electron chi connectivity index (χ2n) is 5.79. The molecular weight excluding hydrogens is 210 g/mol. The minimum absolute atomic E-state index is 0.0813. The number of hydrogen-bond acceptors (Lipinski definition) is 2. The van der Waals surface area contributed by atoms with Crippen LogP contribution in [-0.4, -0.2) is 25.8 Å². The van der Waals surface area contributed by atoms with Crippen LogP contribution < -0.4 is 5.32 Å². The quantitative estimate of drug-likeness (QED) is 0.767. The average Bonchev–Trinajstić information content (AvgIpc) is 2.37. The lowest BCUT2D eigenvalue weighted by Crippen LogP contribution is -2.56. The summed E-state index contributed by atoms with van der Waals surface area (Å²) in [5.41, 5.74) is 0.0813. The average molecular weight is 241 g/mol. The molecule has 1 rings (SSSR count). The minimum Gasteiger partial charge on any atom is -0.377 e. The first-order valence-electron chi connectivity index (χ1n) is 7.35. The van der Waals surface area contributed by atoms with Crippen molar-refractivity contribution in [2.75, 3.05) is 14.2 Å². The van der Waals surface area contributed by atoms with Gasteiger partial charge < -0.3 is 10.1 Å². The van der Waals surface area contributed by atoms with Crippen LogP contribution in [0.4, 0.5) is 0 Å². The molecule has 0 aliphatic heterocycles. The van der Waals surface area contributed by atoms with E-state index in [1.54, 1.807) is 0 Å². The predicted octanol–water partition coefficient (Wildman–Crippen LogP) is 3.61. The molecule has 102 valence electrons. The Labute approximate surface area is 108 Å². The molecule has 1 unspecified atom stereocenters. The molecular formula is C15H31NO. The van der Waals surface area contributed by atoms with Gasteiger partial charge in [-0.05, 0) is 44.6 Å². The van der Waals surface area contributed by atoms with Crippen LogP contribution >= 0.6 is 0 Å². The van der Waals surface area contributed by atoms with Crippen molar-refractivity contribution in [2.24, 2.45) is 11.8 Å². The number of likely N-dealkylation sites (N-methyl/N-ethyl adjacent to an activating group) is 1. The molecule has 1 aliphatic rings. The van der Waals surface area contributed by atoms with Crippen molar-refractivity contribution in [3.05, 3.63) is 0 Å². The van der Waals surface area contributed by atoms with Crippen molar-refractivity contribution in [1.29, 1.82) is 0 Å². The van der Waals surface area contributed by atoms with Crippen molar-refractivity contribution >= 4 is 0 Å². The molecule has 0 spiro atoms. The van der Waals surface area contributed by atoms with E-state index in [9.17, 15) is 0 Å². The van der Waals surface area contributed by atoms with Crippen LogP contribution in [0.15, 0.2) is 0 Å². The van der Waals surface area contributed by atoms with Gasteiger partial charge in [0.1, 0.15) is 0 Å². The first-order chi connectivity index (χ1) is 8.13. The monoisotopic (exact) mass is 241 g/mol. The van der Waals surface area contributed by atoms with Gasteiger partial charge in [-0.3, -0.25) is 0 Å². The van der Waals surface area contributed by atoms with Crippen LogP contribution in [0.1, 0.15) is 59.3 Å². The normalized spacial score (nSPS) is 31.8. The van der Waals surface area contributed by atoms with Gasteiger partial charge in [-0.15, -0.1) is 0 Å². The molecule has 1 N–H and O–H groups in total. The van der Waals surface area contributed by atoms with E-state index < -0.39 is 0 Å². The van der Waals surface area contributed by atoms with Crippen molar-refractivity contribution in [1.82, 2.24) is 5.32 Å². The molecule has 0 radical (unpaired) electrons. The number of hydrogen-bond donors (Lipinski definition) is 1. The van der Waals surface area contributed by atoms with Crippen LogP contribution in [0.3, 0.4) is 0 Å². The molecule has 0 bridgehead atoms. The number of nitrogens with one attached hydrogen (secondary N) is 1. The first kappa shape index (κ1) is 15.0. The van der Waals surface area contributed by atoms with E-state index in [-0.39, 0.29) is 5.60 Å². The van der Waals surface area contributed by atoms with E-state index in [0.29, 0.717) is 6.04 Å². The third-order valence-corrected chi connectivity index (χ3v) is 4.93. The van der Waals surface area contributed by atoms with E-state index in [1.807, 2.05) is 7.11 Å². The van der Waals surface area contributed by atoms with E-state index in [4.69, 9.17) is 4.74 Å². The summed E-state index contributed by atoms with van der Waals surface area (Å²) in [6.07, 6.45) is 7.53. The summed E-state index contributed by atoms with van der Waals surface area (Å²) >= 11 is 0. The van der Waals surface area contributed by atoms with Gasteiger partial charge in [-0.1, -0.05) is 33.6 Å². The lowest BCUT2D eigenvalue weighted by molar-refractivity contribution is -0.0874. The fourth-order valence-corrected chi connectivity index (χ4v) is 3.58. The summed E-state index contributed by atoms with van der Waals surface area (Å²) in [6.45, 7) is 6.96. The van der Waals surface area contributed by atoms with Gasteiger partial charge >= 0.3 is 0 Å². The Balaban J connectivity index is 2.81. The van der Waals surface area contributed by atoms with E-state index >= 15 is 0 Å². The Hall–Kier alpha value is -0.0800. The van der Waals surface area contributed by atoms with Gasteiger partial charge in [0.15, 0.2) is 0 Å². The molecule has 2 heteroatoms. The summed E-state index contributed by atoms with van der Waals surface area (Å²) in [5, 5.41) is 3.56. The molecule has 0 saturated heterocycles. The predicted molar refractivity (Wildman–Crippen MR) is 74.3 cm³/mol. The third kappa shape index (κ3) is 3.23. The van der Waals surface area contributed by atoms with Crippen molar-refractivity contribution in [3.63, 3.8) is 0 Å². The topological polar surface area (TPSA) is 21.3 Å². The first-order valence-corrected chi connectivity index (χ1v) is 7.35. The maximum Gasteiger partial charge on any atom is 0.0833 e. The van der Waals surface area contributed by atoms with Gasteiger partial charge in [-0.2, -0.15) is 0 Å². The van der Waals surface area contributed by atoms with E-state index in [0.717, 1.165) is 11.8 Å². The zero-order valence-electron chi connectivity index (χ0n) is 12.4. The summed E-state index contributed by atoms with van der Waals surface area (Å²) in [6, 6.07) is 0.509. The summed E-state index contributed by atoms with van der Waals surface area (Å²) < 4.78 is 6.00. The van der Waals surface area contributed by atoms with Crippen molar-refractivity contribution in [3.8, 4) is 0 Å². The summed E-state index contributed by atoms with van der Waals surface area (Å²) in [5.74, 6) is 1.60. The second kappa shape index (κ2) is 6.75. The highest BCUT2D eigenvalue weighted by Gasteiger charge is 2.43. The summed E-state index contributed by atoms with van der Waals surface area (Å²) in [7, 11) is 4.00. The van der Waals surface area contributed by atoms with Crippen LogP contribution in [0.25, 0.3) is 0 Å². The number of methoxy groups -OCH3 is 1. The van der Waals surface area contributed by atoms with Crippen molar-refractivity contribution < 1.29 is 4.74 Å². The molecule has 1 aliphatic carbocycles. The fourth-order valence-electron chi connectivity index (χ4n) is 3.58. The Morgan fingerprint density at radius 2 is 1.76 bits per heavy atom. The highest BCUT2D eigenvalue weighted by Crippen LogP contribution is 2.40. The zero-order chi connectivity index (χ0) is 12.9. The number of rotatable bonds is 6. The molecule has 1 atom stereocenters. The highest BCUT2D eigenvalue weighted by molar-refractivity contribution is 4.98. The Morgan fingerprint density at radius 3 is 2.12 bits per heavy atom. The molecule has 17 heavy (non-hydrogen) atoms. The van der Waals surface area contributed by atoms with Gasteiger partial charge in [0.05, 0.1) is 5.60 Å². The van der Waals surface area contributed by atoms with Crippen molar-refractivity contribution in [2.45, 2.75) is 70.9 Å². The lowest BCUT2D eigenvalue weighted by atomic mass is 9.70. The lowest BCUT2D eigenvalue weighted by Gasteiger charge is -2.46. The van der Waals surface area contributed by atoms with Crippen LogP contribution in [-0.2, 0) is 4.74 Å². The SMILES string of the molecule is CCC(CC)C(NC)C1(OC)CCC(C)CC1. The van der Waals surface area contributed by atoms with Crippen LogP contribution in [0.5, 0.6) is 0 Å². The Bertz CT molecular complexity index is 205. The van der Waals surface area contributed by atoms with Gasteiger partial charge in [0.25, 0.3) is 0 Å². The van der Waals surface area contributed by atoms with Gasteiger partial charge in [0, 0.05) is 13.2 Å². The molecule has 0 aromatic carbocycles. The van der Waals surface area contributed by atoms with Gasteiger partial charge in [-0.25, -0.2) is 0 Å². The molecule has 0 aromatic heterocycles. The molecule has 1 saturated carbocycles. The summed E-state index contributed by atoms with van der Waals surface area (Å²) in [4.78, 5) is 0. The molecule has 1 fully saturated rings. The standard InChI is InChI=1S/C15H31NO/c1-6-13(7-2)14(16-4)15(17-5)10-8-12(3)9-11-15/h12-14,16H,6-11H2,1-5H3. The zero-order valence-corrected chi connectivity index (χ0v) is 12.4. The van der Waals surface area contributed by atoms with Crippen LogP contribution in [0.2, 0.25) is 0 Å². The second-order valence-corrected chi connectivity index (χ2v) is 5.79. The van der Waals surface area contributed by atoms with Crippen LogP contribution in [0, 0.1) is 11.8 Å². The fraction of sp³-hybridized carbons (Fsp3) is 1.00. The molecule has 0 aromatic rings. The Morgan fingerprint density at radius 1 is 1.24 bits per heavy atom. The minimum atomic E-state index is 0.0813. The van der Waals surface area contributed by atoms with E-state index in [1.165, 1.54) is 38.5 Å². The Kier molecular flexibility index (Phi) is 5.94. The van der Waals surface area contributed by atoms with E-state index in [2.05, 4.69) is 33.1 Å². The largest absolute Gasteiger partial charge is 0.377 e. The highest BCUT2D eigenvalue weighted by atomic mass is 16.5. The maximum atomic E-state index is 6.00. The van der Waals surface area contributed by atoms with Gasteiger partial charge in [0.2, 0.25) is 0 Å². The molecule has 2 nitrogen and oxygen atoms in total. The third-order valence-electron chi connectivity index (χ3n) is 4.93. The number of ether oxygens (including phenoxy) is 1. The molecule has 0 amide bonds. The molecule has 0 heterocycles. The maximum absolute atomic E-state index is 6.00. The smallest absolute Gasteiger partial charge is 0.0833 e.